The van der Waals surface area contributed by atoms with Gasteiger partial charge in [0.25, 0.3) is 0 Å². The maximum absolute atomic E-state index is 12.7. The van der Waals surface area contributed by atoms with Gasteiger partial charge in [0, 0.05) is 35.1 Å². The van der Waals surface area contributed by atoms with Crippen LogP contribution in [-0.4, -0.2) is 48.4 Å². The Kier molecular flexibility index (Phi) is 6.68. The molecule has 0 unspecified atom stereocenters. The highest BCUT2D eigenvalue weighted by atomic mass is 79.9. The summed E-state index contributed by atoms with van der Waals surface area (Å²) in [7, 11) is 0. The number of thioether (sulfide) groups is 1. The number of aromatic nitrogens is 1. The van der Waals surface area contributed by atoms with Gasteiger partial charge in [-0.25, -0.2) is 4.98 Å². The summed E-state index contributed by atoms with van der Waals surface area (Å²) < 4.78 is 12.5. The molecule has 31 heavy (non-hydrogen) atoms. The molecule has 3 heterocycles. The molecule has 0 bridgehead atoms. The van der Waals surface area contributed by atoms with E-state index < -0.39 is 0 Å². The SMILES string of the molecule is CC1(C)Cc2c(C#N)c(SCC(=O)c3ccc(Br)cc3)nc(N3CCOCC3)c2CO1. The number of fused-ring (bicyclic) bond motifs is 1. The molecular formula is C23H24BrN3O3S. The number of benzene rings is 1. The summed E-state index contributed by atoms with van der Waals surface area (Å²) in [5.41, 5.74) is 2.85. The second-order valence-corrected chi connectivity index (χ2v) is 10.1. The van der Waals surface area contributed by atoms with Crippen molar-refractivity contribution >= 4 is 39.3 Å². The number of carbonyl (C=O) groups excluding carboxylic acids is 1. The molecule has 1 saturated heterocycles. The first kappa shape index (κ1) is 22.3. The van der Waals surface area contributed by atoms with Crippen molar-refractivity contribution in [2.45, 2.75) is 37.5 Å². The smallest absolute Gasteiger partial charge is 0.173 e. The summed E-state index contributed by atoms with van der Waals surface area (Å²) in [5.74, 6) is 1.09. The number of ether oxygens (including phenoxy) is 2. The van der Waals surface area contributed by atoms with Gasteiger partial charge in [0.2, 0.25) is 0 Å². The first-order chi connectivity index (χ1) is 14.9. The van der Waals surface area contributed by atoms with Crippen LogP contribution in [0.1, 0.15) is 40.9 Å². The van der Waals surface area contributed by atoms with Crippen molar-refractivity contribution < 1.29 is 14.3 Å². The fraction of sp³-hybridized carbons (Fsp3) is 0.435. The molecule has 6 nitrogen and oxygen atoms in total. The average Bonchev–Trinajstić information content (AvgIpc) is 2.77. The number of hydrogen-bond acceptors (Lipinski definition) is 7. The number of morpholine rings is 1. The van der Waals surface area contributed by atoms with Crippen LogP contribution < -0.4 is 4.90 Å². The zero-order valence-electron chi connectivity index (χ0n) is 17.6. The lowest BCUT2D eigenvalue weighted by Gasteiger charge is -2.36. The second-order valence-electron chi connectivity index (χ2n) is 8.23. The van der Waals surface area contributed by atoms with Gasteiger partial charge >= 0.3 is 0 Å². The fourth-order valence-corrected chi connectivity index (χ4v) is 5.00. The van der Waals surface area contributed by atoms with Crippen LogP contribution in [0, 0.1) is 11.3 Å². The number of pyridine rings is 1. The molecule has 1 fully saturated rings. The Morgan fingerprint density at radius 3 is 2.65 bits per heavy atom. The lowest BCUT2D eigenvalue weighted by Crippen LogP contribution is -2.39. The first-order valence-electron chi connectivity index (χ1n) is 10.2. The quantitative estimate of drug-likeness (QED) is 0.444. The number of carbonyl (C=O) groups is 1. The average molecular weight is 502 g/mol. The maximum atomic E-state index is 12.7. The highest BCUT2D eigenvalue weighted by Gasteiger charge is 2.33. The van der Waals surface area contributed by atoms with E-state index in [1.807, 2.05) is 26.0 Å². The third kappa shape index (κ3) is 4.96. The van der Waals surface area contributed by atoms with E-state index in [2.05, 4.69) is 26.9 Å². The van der Waals surface area contributed by atoms with Gasteiger partial charge in [-0.3, -0.25) is 4.79 Å². The summed E-state index contributed by atoms with van der Waals surface area (Å²) in [6.45, 7) is 7.29. The standard InChI is InChI=1S/C23H24BrN3O3S/c1-23(2)11-17-18(12-25)22(31-14-20(28)15-3-5-16(24)6-4-15)26-21(19(17)13-30-23)27-7-9-29-10-8-27/h3-6H,7-11,13-14H2,1-2H3. The predicted octanol–water partition coefficient (Wildman–Crippen LogP) is 4.38. The third-order valence-electron chi connectivity index (χ3n) is 5.50. The van der Waals surface area contributed by atoms with Crippen LogP contribution in [0.25, 0.3) is 0 Å². The summed E-state index contributed by atoms with van der Waals surface area (Å²) in [6.07, 6.45) is 0.638. The Hall–Kier alpha value is -1.92. The highest BCUT2D eigenvalue weighted by molar-refractivity contribution is 9.10. The van der Waals surface area contributed by atoms with Crippen molar-refractivity contribution in [3.05, 3.63) is 51.0 Å². The molecule has 4 rings (SSSR count). The molecule has 0 aliphatic carbocycles. The molecule has 0 saturated carbocycles. The highest BCUT2D eigenvalue weighted by Crippen LogP contribution is 2.38. The molecular weight excluding hydrogens is 478 g/mol. The molecule has 2 aromatic rings. The normalized spacial score (nSPS) is 17.7. The zero-order valence-corrected chi connectivity index (χ0v) is 20.0. The summed E-state index contributed by atoms with van der Waals surface area (Å²) in [4.78, 5) is 19.8. The molecule has 2 aliphatic rings. The van der Waals surface area contributed by atoms with Crippen LogP contribution >= 0.6 is 27.7 Å². The first-order valence-corrected chi connectivity index (χ1v) is 12.0. The molecule has 162 valence electrons. The van der Waals surface area contributed by atoms with Gasteiger partial charge in [-0.2, -0.15) is 5.26 Å². The monoisotopic (exact) mass is 501 g/mol. The molecule has 0 radical (unpaired) electrons. The molecule has 8 heteroatoms. The Morgan fingerprint density at radius 1 is 1.26 bits per heavy atom. The predicted molar refractivity (Wildman–Crippen MR) is 124 cm³/mol. The minimum atomic E-state index is -0.350. The van der Waals surface area contributed by atoms with E-state index in [0.717, 1.165) is 34.5 Å². The maximum Gasteiger partial charge on any atom is 0.173 e. The number of Topliss-reactive ketones (excluding diaryl/α,β-unsaturated/α-hetero) is 1. The second kappa shape index (κ2) is 9.29. The van der Waals surface area contributed by atoms with Crippen LogP contribution in [0.4, 0.5) is 5.82 Å². The minimum Gasteiger partial charge on any atom is -0.378 e. The fourth-order valence-electron chi connectivity index (χ4n) is 3.84. The van der Waals surface area contributed by atoms with Crippen LogP contribution in [-0.2, 0) is 22.5 Å². The Labute approximate surface area is 195 Å². The summed E-state index contributed by atoms with van der Waals surface area (Å²) >= 11 is 4.73. The van der Waals surface area contributed by atoms with Crippen LogP contribution in [0.3, 0.4) is 0 Å². The van der Waals surface area contributed by atoms with Crippen molar-refractivity contribution in [2.24, 2.45) is 0 Å². The number of anilines is 1. The van der Waals surface area contributed by atoms with Gasteiger partial charge in [0.05, 0.1) is 36.7 Å². The Morgan fingerprint density at radius 2 is 1.97 bits per heavy atom. The minimum absolute atomic E-state index is 0.0116. The largest absolute Gasteiger partial charge is 0.378 e. The van der Waals surface area contributed by atoms with Crippen molar-refractivity contribution in [1.29, 1.82) is 5.26 Å². The lowest BCUT2D eigenvalue weighted by atomic mass is 9.89. The summed E-state index contributed by atoms with van der Waals surface area (Å²) in [6, 6.07) is 9.68. The van der Waals surface area contributed by atoms with Crippen molar-refractivity contribution in [3.8, 4) is 6.07 Å². The van der Waals surface area contributed by atoms with E-state index in [0.29, 0.717) is 42.4 Å². The molecule has 0 amide bonds. The van der Waals surface area contributed by atoms with Gasteiger partial charge in [0.15, 0.2) is 5.78 Å². The van der Waals surface area contributed by atoms with Crippen molar-refractivity contribution in [1.82, 2.24) is 4.98 Å². The van der Waals surface area contributed by atoms with Crippen LogP contribution in [0.2, 0.25) is 0 Å². The van der Waals surface area contributed by atoms with E-state index >= 15 is 0 Å². The molecule has 1 aromatic carbocycles. The molecule has 0 atom stereocenters. The van der Waals surface area contributed by atoms with Gasteiger partial charge < -0.3 is 14.4 Å². The van der Waals surface area contributed by atoms with Crippen molar-refractivity contribution in [2.75, 3.05) is 37.0 Å². The van der Waals surface area contributed by atoms with Gasteiger partial charge in [-0.1, -0.05) is 39.8 Å². The van der Waals surface area contributed by atoms with E-state index in [-0.39, 0.29) is 17.1 Å². The molecule has 2 aliphatic heterocycles. The summed E-state index contributed by atoms with van der Waals surface area (Å²) in [5, 5.41) is 10.6. The Balaban J connectivity index is 1.68. The zero-order chi connectivity index (χ0) is 22.0. The lowest BCUT2D eigenvalue weighted by molar-refractivity contribution is -0.0402. The number of nitrogens with zero attached hydrogens (tertiary/aromatic N) is 3. The van der Waals surface area contributed by atoms with E-state index in [1.165, 1.54) is 11.8 Å². The van der Waals surface area contributed by atoms with Gasteiger partial charge in [-0.15, -0.1) is 0 Å². The van der Waals surface area contributed by atoms with Gasteiger partial charge in [-0.05, 0) is 31.5 Å². The molecule has 0 N–H and O–H groups in total. The van der Waals surface area contributed by atoms with Gasteiger partial charge in [0.1, 0.15) is 16.9 Å². The molecule has 1 aromatic heterocycles. The Bertz CT molecular complexity index is 1030. The van der Waals surface area contributed by atoms with E-state index in [1.54, 1.807) is 12.1 Å². The number of ketones is 1. The van der Waals surface area contributed by atoms with E-state index in [4.69, 9.17) is 14.5 Å². The molecule has 0 spiro atoms. The van der Waals surface area contributed by atoms with Crippen LogP contribution in [0.5, 0.6) is 0 Å². The number of hydrogen-bond donors (Lipinski definition) is 0. The number of rotatable bonds is 5. The number of nitriles is 1. The third-order valence-corrected chi connectivity index (χ3v) is 7.00. The number of halogens is 1. The van der Waals surface area contributed by atoms with Crippen LogP contribution in [0.15, 0.2) is 33.8 Å². The van der Waals surface area contributed by atoms with Crippen molar-refractivity contribution in [3.63, 3.8) is 0 Å². The van der Waals surface area contributed by atoms with E-state index in [9.17, 15) is 10.1 Å². The topological polar surface area (TPSA) is 75.5 Å².